The number of rotatable bonds is 7. The molecule has 12 heteroatoms. The molecule has 10 nitrogen and oxygen atoms in total. The second kappa shape index (κ2) is 10.1. The lowest BCUT2D eigenvalue weighted by atomic mass is 9.99. The first-order valence-corrected chi connectivity index (χ1v) is 12.1. The normalized spacial score (nSPS) is 16.7. The molecule has 1 saturated heterocycles. The van der Waals surface area contributed by atoms with Crippen molar-refractivity contribution in [3.63, 3.8) is 0 Å². The zero-order valence-corrected chi connectivity index (χ0v) is 18.9. The Hall–Kier alpha value is -3.64. The third-order valence-corrected chi connectivity index (χ3v) is 7.34. The van der Waals surface area contributed by atoms with Gasteiger partial charge in [0.25, 0.3) is 0 Å². The fourth-order valence-corrected chi connectivity index (χ4v) is 5.21. The predicted molar refractivity (Wildman–Crippen MR) is 121 cm³/mol. The van der Waals surface area contributed by atoms with Crippen molar-refractivity contribution in [1.82, 2.24) is 24.4 Å². The number of halogens is 1. The van der Waals surface area contributed by atoms with Crippen molar-refractivity contribution in [2.45, 2.75) is 17.7 Å². The average molecular weight is 487 g/mol. The van der Waals surface area contributed by atoms with Crippen LogP contribution in [0.2, 0.25) is 0 Å². The maximum Gasteiger partial charge on any atom is 0.243 e. The molecule has 2 amide bonds. The molecular weight excluding hydrogens is 463 g/mol. The third-order valence-electron chi connectivity index (χ3n) is 5.46. The number of amides is 2. The molecule has 1 atom stereocenters. The number of carbonyl (C=O) groups is 2. The fraction of sp³-hybridized carbons (Fsp3) is 0.273. The molecule has 4 rings (SSSR count). The Morgan fingerprint density at radius 1 is 1.09 bits per heavy atom. The van der Waals surface area contributed by atoms with E-state index in [2.05, 4.69) is 20.7 Å². The predicted octanol–water partition coefficient (Wildman–Crippen LogP) is 1.56. The van der Waals surface area contributed by atoms with Crippen molar-refractivity contribution in [2.24, 2.45) is 5.92 Å². The first kappa shape index (κ1) is 23.5. The summed E-state index contributed by atoms with van der Waals surface area (Å²) in [5.41, 5.74) is 1.33. The second-order valence-electron chi connectivity index (χ2n) is 7.81. The van der Waals surface area contributed by atoms with E-state index in [-0.39, 0.29) is 24.5 Å². The summed E-state index contributed by atoms with van der Waals surface area (Å²) >= 11 is 0. The lowest BCUT2D eigenvalue weighted by Crippen LogP contribution is -2.46. The molecule has 2 N–H and O–H groups in total. The number of nitrogens with one attached hydrogen (secondary N) is 2. The number of nitrogens with zero attached hydrogens (tertiary/aromatic N) is 4. The minimum Gasteiger partial charge on any atom is -0.347 e. The van der Waals surface area contributed by atoms with Gasteiger partial charge in [-0.1, -0.05) is 0 Å². The fourth-order valence-electron chi connectivity index (χ4n) is 3.69. The minimum absolute atomic E-state index is 0.00307. The van der Waals surface area contributed by atoms with Crippen molar-refractivity contribution >= 4 is 27.5 Å². The van der Waals surface area contributed by atoms with Crippen molar-refractivity contribution in [3.05, 3.63) is 67.0 Å². The van der Waals surface area contributed by atoms with Crippen LogP contribution in [-0.4, -0.2) is 58.9 Å². The number of benzene rings is 2. The van der Waals surface area contributed by atoms with Crippen molar-refractivity contribution in [1.29, 1.82) is 0 Å². The Bertz CT molecular complexity index is 1250. The smallest absolute Gasteiger partial charge is 0.243 e. The summed E-state index contributed by atoms with van der Waals surface area (Å²) in [4.78, 5) is 28.7. The Morgan fingerprint density at radius 2 is 1.82 bits per heavy atom. The van der Waals surface area contributed by atoms with E-state index in [9.17, 15) is 22.4 Å². The van der Waals surface area contributed by atoms with Gasteiger partial charge >= 0.3 is 0 Å². The number of anilines is 1. The molecular formula is C22H23FN6O4S. The molecule has 0 spiro atoms. The Balaban J connectivity index is 1.29. The number of piperidine rings is 1. The number of carbonyl (C=O) groups excluding carboxylic acids is 2. The van der Waals surface area contributed by atoms with Gasteiger partial charge in [0, 0.05) is 18.8 Å². The summed E-state index contributed by atoms with van der Waals surface area (Å²) in [5, 5.41) is 9.30. The summed E-state index contributed by atoms with van der Waals surface area (Å²) in [5.74, 6) is -1.91. The molecule has 0 radical (unpaired) electrons. The highest BCUT2D eigenvalue weighted by Gasteiger charge is 2.33. The molecule has 1 aromatic heterocycles. The average Bonchev–Trinajstić information content (AvgIpc) is 3.38. The molecule has 0 saturated carbocycles. The number of aromatic nitrogens is 3. The maximum atomic E-state index is 13.1. The molecule has 2 aromatic carbocycles. The molecule has 3 aromatic rings. The van der Waals surface area contributed by atoms with Crippen LogP contribution in [0, 0.1) is 11.7 Å². The number of hydrogen-bond acceptors (Lipinski definition) is 6. The lowest BCUT2D eigenvalue weighted by molar-refractivity contribution is -0.128. The quantitative estimate of drug-likeness (QED) is 0.522. The molecule has 0 aliphatic carbocycles. The highest BCUT2D eigenvalue weighted by Crippen LogP contribution is 2.24. The second-order valence-corrected chi connectivity index (χ2v) is 9.75. The Labute approximate surface area is 195 Å². The molecule has 2 heterocycles. The van der Waals surface area contributed by atoms with Crippen LogP contribution in [0.15, 0.2) is 66.1 Å². The summed E-state index contributed by atoms with van der Waals surface area (Å²) in [6.07, 6.45) is 3.98. The Morgan fingerprint density at radius 3 is 2.50 bits per heavy atom. The van der Waals surface area contributed by atoms with Gasteiger partial charge in [-0.2, -0.15) is 9.40 Å². The molecule has 1 aliphatic rings. The van der Waals surface area contributed by atoms with Crippen LogP contribution < -0.4 is 10.6 Å². The lowest BCUT2D eigenvalue weighted by Gasteiger charge is -2.31. The highest BCUT2D eigenvalue weighted by atomic mass is 32.2. The van der Waals surface area contributed by atoms with Gasteiger partial charge in [0.05, 0.1) is 23.0 Å². The van der Waals surface area contributed by atoms with Gasteiger partial charge in [0.15, 0.2) is 0 Å². The largest absolute Gasteiger partial charge is 0.347 e. The van der Waals surface area contributed by atoms with E-state index in [0.29, 0.717) is 18.5 Å². The summed E-state index contributed by atoms with van der Waals surface area (Å²) < 4.78 is 41.6. The van der Waals surface area contributed by atoms with E-state index < -0.39 is 33.6 Å². The van der Waals surface area contributed by atoms with Gasteiger partial charge < -0.3 is 10.6 Å². The van der Waals surface area contributed by atoms with Gasteiger partial charge in [-0.3, -0.25) is 9.59 Å². The number of sulfonamides is 1. The van der Waals surface area contributed by atoms with E-state index in [1.807, 2.05) is 0 Å². The summed E-state index contributed by atoms with van der Waals surface area (Å²) in [6.45, 7) is 0.0242. The molecule has 34 heavy (non-hydrogen) atoms. The van der Waals surface area contributed by atoms with E-state index >= 15 is 0 Å². The van der Waals surface area contributed by atoms with Gasteiger partial charge in [-0.25, -0.2) is 22.5 Å². The highest BCUT2D eigenvalue weighted by molar-refractivity contribution is 7.89. The molecule has 1 fully saturated rings. The van der Waals surface area contributed by atoms with Crippen molar-refractivity contribution < 1.29 is 22.4 Å². The third kappa shape index (κ3) is 5.46. The van der Waals surface area contributed by atoms with E-state index in [1.165, 1.54) is 22.8 Å². The van der Waals surface area contributed by atoms with Gasteiger partial charge in [-0.15, -0.1) is 0 Å². The van der Waals surface area contributed by atoms with Crippen LogP contribution in [0.1, 0.15) is 12.8 Å². The molecule has 1 aliphatic heterocycles. The molecule has 1 unspecified atom stereocenters. The monoisotopic (exact) mass is 486 g/mol. The van der Waals surface area contributed by atoms with Crippen LogP contribution >= 0.6 is 0 Å². The first-order chi connectivity index (χ1) is 16.3. The Kier molecular flexibility index (Phi) is 6.98. The van der Waals surface area contributed by atoms with Crippen LogP contribution in [-0.2, 0) is 19.6 Å². The maximum absolute atomic E-state index is 13.1. The van der Waals surface area contributed by atoms with E-state index in [1.54, 1.807) is 35.3 Å². The van der Waals surface area contributed by atoms with E-state index in [4.69, 9.17) is 0 Å². The van der Waals surface area contributed by atoms with Crippen molar-refractivity contribution in [2.75, 3.05) is 25.0 Å². The van der Waals surface area contributed by atoms with E-state index in [0.717, 1.165) is 17.8 Å². The standard InChI is InChI=1S/C22H23FN6O4S/c23-17-3-9-20(10-4-17)34(32,33)28-11-1-2-16(13-28)22(31)25-12-21(30)27-18-5-7-19(8-6-18)29-15-24-14-26-29/h3-10,14-16H,1-2,11-13H2,(H,25,31)(H,27,30). The molecule has 178 valence electrons. The van der Waals surface area contributed by atoms with Crippen LogP contribution in [0.5, 0.6) is 0 Å². The van der Waals surface area contributed by atoms with Gasteiger partial charge in [-0.05, 0) is 61.4 Å². The summed E-state index contributed by atoms with van der Waals surface area (Å²) in [7, 11) is -3.84. The van der Waals surface area contributed by atoms with Gasteiger partial charge in [0.1, 0.15) is 18.5 Å². The first-order valence-electron chi connectivity index (χ1n) is 10.6. The topological polar surface area (TPSA) is 126 Å². The molecule has 0 bridgehead atoms. The zero-order valence-electron chi connectivity index (χ0n) is 18.1. The summed E-state index contributed by atoms with van der Waals surface area (Å²) in [6, 6.07) is 11.5. The SMILES string of the molecule is O=C(CNC(=O)C1CCCN(S(=O)(=O)c2ccc(F)cc2)C1)Nc1ccc(-n2cncn2)cc1. The van der Waals surface area contributed by atoms with Crippen LogP contribution in [0.25, 0.3) is 5.69 Å². The number of hydrogen-bond donors (Lipinski definition) is 2. The van der Waals surface area contributed by atoms with Crippen LogP contribution in [0.4, 0.5) is 10.1 Å². The van der Waals surface area contributed by atoms with Crippen molar-refractivity contribution in [3.8, 4) is 5.69 Å². The van der Waals surface area contributed by atoms with Gasteiger partial charge in [0.2, 0.25) is 21.8 Å². The minimum atomic E-state index is -3.84. The zero-order chi connectivity index (χ0) is 24.1. The van der Waals surface area contributed by atoms with Crippen LogP contribution in [0.3, 0.4) is 0 Å².